The predicted molar refractivity (Wildman–Crippen MR) is 88.1 cm³/mol. The number of likely N-dealkylation sites (tertiary alicyclic amines) is 1. The molecule has 122 valence electrons. The maximum Gasteiger partial charge on any atom is 0.222 e. The first-order chi connectivity index (χ1) is 10.4. The minimum absolute atomic E-state index is 0.0957. The second-order valence-corrected chi connectivity index (χ2v) is 8.75. The first kappa shape index (κ1) is 17.0. The van der Waals surface area contributed by atoms with E-state index in [1.165, 1.54) is 0 Å². The molecule has 0 spiro atoms. The average Bonchev–Trinajstić information content (AvgIpc) is 2.47. The molecule has 1 fully saturated rings. The van der Waals surface area contributed by atoms with E-state index in [2.05, 4.69) is 0 Å². The molecule has 22 heavy (non-hydrogen) atoms. The van der Waals surface area contributed by atoms with Crippen LogP contribution in [0.3, 0.4) is 0 Å². The van der Waals surface area contributed by atoms with E-state index in [1.807, 2.05) is 49.1 Å². The Labute approximate surface area is 133 Å². The number of hydrogen-bond acceptors (Lipinski definition) is 3. The number of sulfone groups is 1. The highest BCUT2D eigenvalue weighted by Gasteiger charge is 2.31. The summed E-state index contributed by atoms with van der Waals surface area (Å²) in [6.07, 6.45) is 1.65. The summed E-state index contributed by atoms with van der Waals surface area (Å²) in [7, 11) is -3.15. The largest absolute Gasteiger partial charge is 0.343 e. The summed E-state index contributed by atoms with van der Waals surface area (Å²) in [4.78, 5) is 13.8. The predicted octanol–water partition coefficient (Wildman–Crippen LogP) is 2.64. The molecule has 0 saturated carbocycles. The van der Waals surface area contributed by atoms with Gasteiger partial charge in [-0.05, 0) is 24.3 Å². The third-order valence-electron chi connectivity index (χ3n) is 4.10. The van der Waals surface area contributed by atoms with Crippen molar-refractivity contribution in [1.82, 2.24) is 4.90 Å². The van der Waals surface area contributed by atoms with Crippen molar-refractivity contribution in [3.8, 4) is 0 Å². The fraction of sp³-hybridized carbons (Fsp3) is 0.588. The Kier molecular flexibility index (Phi) is 5.62. The van der Waals surface area contributed by atoms with Crippen molar-refractivity contribution in [2.75, 3.05) is 13.1 Å². The number of carbonyl (C=O) groups excluding carboxylic acids is 1. The third kappa shape index (κ3) is 4.57. The number of carbonyl (C=O) groups is 1. The highest BCUT2D eigenvalue weighted by atomic mass is 32.2. The van der Waals surface area contributed by atoms with Crippen LogP contribution in [0.25, 0.3) is 0 Å². The van der Waals surface area contributed by atoms with E-state index >= 15 is 0 Å². The van der Waals surface area contributed by atoms with Gasteiger partial charge in [0.25, 0.3) is 0 Å². The van der Waals surface area contributed by atoms with Gasteiger partial charge in [0.05, 0.1) is 11.0 Å². The zero-order chi connectivity index (χ0) is 16.2. The van der Waals surface area contributed by atoms with Crippen molar-refractivity contribution in [2.45, 2.75) is 44.1 Å². The van der Waals surface area contributed by atoms with E-state index in [1.54, 1.807) is 0 Å². The average molecular weight is 323 g/mol. The van der Waals surface area contributed by atoms with Crippen LogP contribution in [0.15, 0.2) is 30.3 Å². The molecule has 0 aromatic heterocycles. The summed E-state index contributed by atoms with van der Waals surface area (Å²) < 4.78 is 25.0. The molecular formula is C17H25NO3S. The maximum absolute atomic E-state index is 12.5. The normalized spacial score (nSPS) is 17.0. The molecule has 1 aliphatic rings. The van der Waals surface area contributed by atoms with E-state index < -0.39 is 9.84 Å². The summed E-state index contributed by atoms with van der Waals surface area (Å²) in [6, 6.07) is 9.29. The molecule has 1 aliphatic heterocycles. The van der Waals surface area contributed by atoms with Crippen molar-refractivity contribution in [3.05, 3.63) is 35.9 Å². The molecular weight excluding hydrogens is 298 g/mol. The smallest absolute Gasteiger partial charge is 0.222 e. The van der Waals surface area contributed by atoms with Gasteiger partial charge >= 0.3 is 0 Å². The first-order valence-electron chi connectivity index (χ1n) is 7.92. The van der Waals surface area contributed by atoms with Crippen LogP contribution in [-0.4, -0.2) is 37.6 Å². The van der Waals surface area contributed by atoms with Crippen LogP contribution in [0.5, 0.6) is 0 Å². The third-order valence-corrected chi connectivity index (χ3v) is 6.32. The lowest BCUT2D eigenvalue weighted by Gasteiger charge is -2.32. The van der Waals surface area contributed by atoms with Crippen LogP contribution in [0.4, 0.5) is 0 Å². The van der Waals surface area contributed by atoms with Crippen LogP contribution in [0.1, 0.15) is 38.7 Å². The molecule has 0 unspecified atom stereocenters. The SMILES string of the molecule is CC(C)CC(=O)N1CCC(S(=O)(=O)Cc2ccccc2)CC1. The lowest BCUT2D eigenvalue weighted by Crippen LogP contribution is -2.43. The topological polar surface area (TPSA) is 54.5 Å². The second-order valence-electron chi connectivity index (χ2n) is 6.47. The molecule has 0 atom stereocenters. The first-order valence-corrected chi connectivity index (χ1v) is 9.63. The number of hydrogen-bond donors (Lipinski definition) is 0. The van der Waals surface area contributed by atoms with Gasteiger partial charge in [-0.2, -0.15) is 0 Å². The summed E-state index contributed by atoms with van der Waals surface area (Å²) in [5.41, 5.74) is 0.834. The van der Waals surface area contributed by atoms with Gasteiger partial charge in [0.1, 0.15) is 0 Å². The van der Waals surface area contributed by atoms with Crippen molar-refractivity contribution >= 4 is 15.7 Å². The fourth-order valence-electron chi connectivity index (χ4n) is 2.87. The van der Waals surface area contributed by atoms with Gasteiger partial charge in [0, 0.05) is 19.5 Å². The molecule has 0 aliphatic carbocycles. The fourth-order valence-corrected chi connectivity index (χ4v) is 4.69. The van der Waals surface area contributed by atoms with E-state index in [4.69, 9.17) is 0 Å². The van der Waals surface area contributed by atoms with Gasteiger partial charge in [-0.15, -0.1) is 0 Å². The summed E-state index contributed by atoms with van der Waals surface area (Å²) in [6.45, 7) is 5.17. The summed E-state index contributed by atoms with van der Waals surface area (Å²) >= 11 is 0. The highest BCUT2D eigenvalue weighted by Crippen LogP contribution is 2.22. The van der Waals surface area contributed by atoms with Crippen molar-refractivity contribution in [2.24, 2.45) is 5.92 Å². The lowest BCUT2D eigenvalue weighted by atomic mass is 10.1. The van der Waals surface area contributed by atoms with E-state index in [-0.39, 0.29) is 16.9 Å². The monoisotopic (exact) mass is 323 g/mol. The Morgan fingerprint density at radius 3 is 2.32 bits per heavy atom. The minimum Gasteiger partial charge on any atom is -0.343 e. The Balaban J connectivity index is 1.92. The zero-order valence-corrected chi connectivity index (χ0v) is 14.2. The molecule has 2 rings (SSSR count). The van der Waals surface area contributed by atoms with Crippen molar-refractivity contribution in [3.63, 3.8) is 0 Å². The standard InChI is InChI=1S/C17H25NO3S/c1-14(2)12-17(19)18-10-8-16(9-11-18)22(20,21)13-15-6-4-3-5-7-15/h3-7,14,16H,8-13H2,1-2H3. The molecule has 4 nitrogen and oxygen atoms in total. The molecule has 0 radical (unpaired) electrons. The van der Waals surface area contributed by atoms with E-state index in [0.29, 0.717) is 38.3 Å². The molecule has 1 aromatic rings. The van der Waals surface area contributed by atoms with Crippen LogP contribution in [0, 0.1) is 5.92 Å². The minimum atomic E-state index is -3.15. The second kappa shape index (κ2) is 7.27. The van der Waals surface area contributed by atoms with Crippen molar-refractivity contribution < 1.29 is 13.2 Å². The van der Waals surface area contributed by atoms with Crippen LogP contribution < -0.4 is 0 Å². The highest BCUT2D eigenvalue weighted by molar-refractivity contribution is 7.91. The van der Waals surface area contributed by atoms with Gasteiger partial charge in [0.15, 0.2) is 9.84 Å². The Morgan fingerprint density at radius 2 is 1.77 bits per heavy atom. The lowest BCUT2D eigenvalue weighted by molar-refractivity contribution is -0.132. The summed E-state index contributed by atoms with van der Waals surface area (Å²) in [5.74, 6) is 0.583. The molecule has 1 aromatic carbocycles. The Bertz CT molecular complexity index is 588. The van der Waals surface area contributed by atoms with Gasteiger partial charge in [-0.3, -0.25) is 4.79 Å². The number of rotatable bonds is 5. The molecule has 1 amide bonds. The molecule has 5 heteroatoms. The molecule has 1 heterocycles. The van der Waals surface area contributed by atoms with Gasteiger partial charge in [-0.25, -0.2) is 8.42 Å². The zero-order valence-electron chi connectivity index (χ0n) is 13.4. The quantitative estimate of drug-likeness (QED) is 0.837. The summed E-state index contributed by atoms with van der Waals surface area (Å²) in [5, 5.41) is -0.323. The Morgan fingerprint density at radius 1 is 1.18 bits per heavy atom. The molecule has 0 bridgehead atoms. The number of benzene rings is 1. The number of nitrogens with zero attached hydrogens (tertiary/aromatic N) is 1. The van der Waals surface area contributed by atoms with E-state index in [9.17, 15) is 13.2 Å². The van der Waals surface area contributed by atoms with Crippen LogP contribution in [-0.2, 0) is 20.4 Å². The van der Waals surface area contributed by atoms with Crippen LogP contribution >= 0.6 is 0 Å². The van der Waals surface area contributed by atoms with Gasteiger partial charge in [-0.1, -0.05) is 44.2 Å². The maximum atomic E-state index is 12.5. The van der Waals surface area contributed by atoms with Crippen molar-refractivity contribution in [1.29, 1.82) is 0 Å². The van der Waals surface area contributed by atoms with Gasteiger partial charge in [0.2, 0.25) is 5.91 Å². The van der Waals surface area contributed by atoms with Gasteiger partial charge < -0.3 is 4.90 Å². The number of piperidine rings is 1. The molecule has 1 saturated heterocycles. The number of amides is 1. The Hall–Kier alpha value is -1.36. The molecule has 0 N–H and O–H groups in total. The van der Waals surface area contributed by atoms with Crippen LogP contribution in [0.2, 0.25) is 0 Å². The van der Waals surface area contributed by atoms with E-state index in [0.717, 1.165) is 5.56 Å².